The van der Waals surface area contributed by atoms with E-state index in [0.29, 0.717) is 30.7 Å². The Morgan fingerprint density at radius 1 is 1.09 bits per heavy atom. The molecule has 0 radical (unpaired) electrons. The third-order valence-electron chi connectivity index (χ3n) is 5.85. The van der Waals surface area contributed by atoms with Crippen LogP contribution in [0.5, 0.6) is 5.75 Å². The number of hydrogen-bond donors (Lipinski definition) is 4. The van der Waals surface area contributed by atoms with Gasteiger partial charge >= 0.3 is 0 Å². The zero-order valence-corrected chi connectivity index (χ0v) is 28.2. The van der Waals surface area contributed by atoms with E-state index in [1.165, 1.54) is 19.3 Å². The lowest BCUT2D eigenvalue weighted by Crippen LogP contribution is -2.19. The van der Waals surface area contributed by atoms with E-state index >= 15 is 0 Å². The van der Waals surface area contributed by atoms with Gasteiger partial charge in [-0.05, 0) is 51.9 Å². The van der Waals surface area contributed by atoms with Crippen LogP contribution in [0.15, 0.2) is 94.8 Å². The maximum absolute atomic E-state index is 13.8. The molecule has 0 atom stereocenters. The summed E-state index contributed by atoms with van der Waals surface area (Å²) in [5.74, 6) is 0.187. The molecule has 0 bridgehead atoms. The summed E-state index contributed by atoms with van der Waals surface area (Å²) in [6.07, 6.45) is 9.49. The molecule has 0 unspecified atom stereocenters. The molecular formula is C35H52FN7O3. The summed E-state index contributed by atoms with van der Waals surface area (Å²) in [5, 5.41) is 11.1. The van der Waals surface area contributed by atoms with E-state index in [4.69, 9.17) is 9.53 Å². The molecule has 10 nitrogen and oxygen atoms in total. The fourth-order valence-electron chi connectivity index (χ4n) is 3.49. The van der Waals surface area contributed by atoms with Crippen molar-refractivity contribution < 1.29 is 18.7 Å². The van der Waals surface area contributed by atoms with Crippen molar-refractivity contribution in [2.45, 2.75) is 32.6 Å². The SMILES string of the molecule is C=C(C/C=C/CN(C)C)NCCCOc1cccc(NC)c1.C=N/C(=C\N=C(CCC)c1ccccc1F)C(=O)NC.CNC=O. The van der Waals surface area contributed by atoms with Gasteiger partial charge < -0.3 is 30.9 Å². The fraction of sp³-hybridized carbons (Fsp3) is 0.371. The van der Waals surface area contributed by atoms with Crippen LogP contribution < -0.4 is 26.0 Å². The molecule has 2 rings (SSSR count). The summed E-state index contributed by atoms with van der Waals surface area (Å²) < 4.78 is 19.5. The minimum absolute atomic E-state index is 0.0949. The van der Waals surface area contributed by atoms with Gasteiger partial charge in [0.05, 0.1) is 18.5 Å². The van der Waals surface area contributed by atoms with Gasteiger partial charge in [0.25, 0.3) is 5.91 Å². The number of hydrogen-bond acceptors (Lipinski definition) is 8. The van der Waals surface area contributed by atoms with Crippen LogP contribution in [0.1, 0.15) is 38.2 Å². The molecule has 0 saturated heterocycles. The van der Waals surface area contributed by atoms with E-state index in [9.17, 15) is 9.18 Å². The number of carbonyl (C=O) groups is 2. The van der Waals surface area contributed by atoms with Gasteiger partial charge in [0.2, 0.25) is 6.41 Å². The molecule has 2 amide bonds. The summed E-state index contributed by atoms with van der Waals surface area (Å²) in [4.78, 5) is 30.5. The number of likely N-dealkylation sites (N-methyl/N-ethyl adjacent to an activating group) is 2. The number of carbonyl (C=O) groups excluding carboxylic acids is 2. The number of anilines is 1. The van der Waals surface area contributed by atoms with E-state index in [1.54, 1.807) is 25.2 Å². The van der Waals surface area contributed by atoms with Gasteiger partial charge in [-0.15, -0.1) is 0 Å². The van der Waals surface area contributed by atoms with Gasteiger partial charge in [-0.25, -0.2) is 4.39 Å². The number of halogens is 1. The molecule has 0 fully saturated rings. The zero-order valence-electron chi connectivity index (χ0n) is 28.2. The predicted molar refractivity (Wildman–Crippen MR) is 190 cm³/mol. The molecule has 2 aromatic rings. The van der Waals surface area contributed by atoms with Gasteiger partial charge in [-0.1, -0.05) is 56.3 Å². The number of aliphatic imine (C=N–C) groups is 2. The molecule has 11 heteroatoms. The summed E-state index contributed by atoms with van der Waals surface area (Å²) >= 11 is 0. The van der Waals surface area contributed by atoms with Crippen molar-refractivity contribution in [3.63, 3.8) is 0 Å². The van der Waals surface area contributed by atoms with Crippen LogP contribution in [-0.2, 0) is 9.59 Å². The molecule has 4 N–H and O–H groups in total. The van der Waals surface area contributed by atoms with E-state index in [-0.39, 0.29) is 17.4 Å². The highest BCUT2D eigenvalue weighted by atomic mass is 19.1. The maximum atomic E-state index is 13.8. The Labute approximate surface area is 274 Å². The quantitative estimate of drug-likeness (QED) is 0.0589. The van der Waals surface area contributed by atoms with Gasteiger partial charge in [0.1, 0.15) is 17.3 Å². The van der Waals surface area contributed by atoms with Crippen molar-refractivity contribution in [3.8, 4) is 5.75 Å². The minimum atomic E-state index is -0.381. The van der Waals surface area contributed by atoms with Crippen molar-refractivity contribution in [1.82, 2.24) is 20.9 Å². The third kappa shape index (κ3) is 19.5. The number of ether oxygens (including phenoxy) is 1. The van der Waals surface area contributed by atoms with Gasteiger partial charge in [0.15, 0.2) is 0 Å². The van der Waals surface area contributed by atoms with Crippen LogP contribution in [0.3, 0.4) is 0 Å². The van der Waals surface area contributed by atoms with E-state index in [2.05, 4.69) is 75.7 Å². The van der Waals surface area contributed by atoms with Crippen molar-refractivity contribution in [2.75, 3.05) is 60.3 Å². The number of allylic oxidation sites excluding steroid dienone is 1. The molecule has 252 valence electrons. The van der Waals surface area contributed by atoms with Crippen LogP contribution in [0, 0.1) is 5.82 Å². The minimum Gasteiger partial charge on any atom is -0.493 e. The lowest BCUT2D eigenvalue weighted by molar-refractivity contribution is -0.117. The van der Waals surface area contributed by atoms with Crippen molar-refractivity contribution >= 4 is 30.4 Å². The second-order valence-corrected chi connectivity index (χ2v) is 9.91. The van der Waals surface area contributed by atoms with Gasteiger partial charge in [-0.2, -0.15) is 0 Å². The smallest absolute Gasteiger partial charge is 0.271 e. The Bertz CT molecular complexity index is 1280. The summed E-state index contributed by atoms with van der Waals surface area (Å²) in [7, 11) is 9.08. The molecule has 0 saturated carbocycles. The Morgan fingerprint density at radius 2 is 1.80 bits per heavy atom. The largest absolute Gasteiger partial charge is 0.493 e. The van der Waals surface area contributed by atoms with Crippen LogP contribution in [-0.4, -0.2) is 84.6 Å². The summed E-state index contributed by atoms with van der Waals surface area (Å²) in [6.45, 7) is 11.9. The number of rotatable bonds is 18. The van der Waals surface area contributed by atoms with Crippen molar-refractivity contribution in [3.05, 3.63) is 96.2 Å². The Hall–Kier alpha value is -4.77. The van der Waals surface area contributed by atoms with E-state index in [0.717, 1.165) is 49.5 Å². The highest BCUT2D eigenvalue weighted by Gasteiger charge is 2.09. The first kappa shape index (κ1) is 41.2. The van der Waals surface area contributed by atoms with Crippen molar-refractivity contribution in [2.24, 2.45) is 9.98 Å². The standard InChI is InChI=1S/C18H29N3O.C15H18FN3O.C2H5NO/c1-16(9-5-6-13-21(3)4)20-12-8-14-22-18-11-7-10-17(15-18)19-2;1-4-7-13(11-8-5-6-9-12(11)16)19-10-14(17-2)15(20)18-3;1-3-2-4/h5-7,10-11,15,19-20H,1,8-9,12-14H2,2-4H3;5-6,8-10H,2,4,7H2,1,3H3,(H,18,20);2H,1H3,(H,3,4)/b6-5+;14-10-,19-13?;. The molecular weight excluding hydrogens is 585 g/mol. The summed E-state index contributed by atoms with van der Waals surface area (Å²) in [6, 6.07) is 14.4. The second kappa shape index (κ2) is 26.6. The average molecular weight is 638 g/mol. The normalized spacial score (nSPS) is 11.0. The van der Waals surface area contributed by atoms with Crippen LogP contribution >= 0.6 is 0 Å². The lowest BCUT2D eigenvalue weighted by Gasteiger charge is -2.10. The monoisotopic (exact) mass is 637 g/mol. The highest BCUT2D eigenvalue weighted by Crippen LogP contribution is 2.17. The third-order valence-corrected chi connectivity index (χ3v) is 5.85. The van der Waals surface area contributed by atoms with E-state index < -0.39 is 0 Å². The van der Waals surface area contributed by atoms with Crippen molar-refractivity contribution in [1.29, 1.82) is 0 Å². The molecule has 0 aliphatic rings. The fourth-order valence-corrected chi connectivity index (χ4v) is 3.49. The number of benzene rings is 2. The first-order valence-corrected chi connectivity index (χ1v) is 15.1. The Morgan fingerprint density at radius 3 is 2.39 bits per heavy atom. The molecule has 46 heavy (non-hydrogen) atoms. The first-order valence-electron chi connectivity index (χ1n) is 15.1. The van der Waals surface area contributed by atoms with Gasteiger partial charge in [-0.3, -0.25) is 19.6 Å². The average Bonchev–Trinajstić information content (AvgIpc) is 3.06. The molecule has 0 aromatic heterocycles. The van der Waals surface area contributed by atoms with Crippen LogP contribution in [0.25, 0.3) is 0 Å². The molecule has 2 aromatic carbocycles. The number of amides is 2. The second-order valence-electron chi connectivity index (χ2n) is 9.91. The lowest BCUT2D eigenvalue weighted by atomic mass is 10.1. The topological polar surface area (TPSA) is 119 Å². The first-order chi connectivity index (χ1) is 22.2. The molecule has 0 spiro atoms. The molecule has 0 aliphatic heterocycles. The van der Waals surface area contributed by atoms with E-state index in [1.807, 2.05) is 38.2 Å². The Balaban J connectivity index is 0.000000791. The molecule has 0 aliphatic carbocycles. The van der Waals surface area contributed by atoms with Gasteiger partial charge in [0, 0.05) is 63.7 Å². The number of nitrogens with one attached hydrogen (secondary N) is 4. The Kier molecular flexibility index (Phi) is 23.9. The van der Waals surface area contributed by atoms with Crippen LogP contribution in [0.4, 0.5) is 10.1 Å². The van der Waals surface area contributed by atoms with Crippen LogP contribution in [0.2, 0.25) is 0 Å². The number of nitrogens with zero attached hydrogens (tertiary/aromatic N) is 3. The summed E-state index contributed by atoms with van der Waals surface area (Å²) in [5.41, 5.74) is 3.22. The predicted octanol–water partition coefficient (Wildman–Crippen LogP) is 5.17. The zero-order chi connectivity index (χ0) is 34.6. The maximum Gasteiger partial charge on any atom is 0.271 e. The molecule has 0 heterocycles. The highest BCUT2D eigenvalue weighted by molar-refractivity contribution is 6.01.